The number of fused-ring (bicyclic) bond motifs is 1. The second kappa shape index (κ2) is 7.07. The van der Waals surface area contributed by atoms with Crippen molar-refractivity contribution in [3.8, 4) is 0 Å². The van der Waals surface area contributed by atoms with Crippen molar-refractivity contribution in [2.45, 2.75) is 37.6 Å². The van der Waals surface area contributed by atoms with Crippen LogP contribution in [0, 0.1) is 0 Å². The number of carbonyl (C=O) groups is 1. The highest BCUT2D eigenvalue weighted by molar-refractivity contribution is 5.96. The molecule has 0 bridgehead atoms. The number of ether oxygens (including phenoxy) is 1. The number of anilines is 1. The van der Waals surface area contributed by atoms with Gasteiger partial charge in [-0.3, -0.25) is 20.0 Å². The first-order chi connectivity index (χ1) is 13.6. The maximum absolute atomic E-state index is 13.7. The smallest absolute Gasteiger partial charge is 0.265 e. The summed E-state index contributed by atoms with van der Waals surface area (Å²) in [5.74, 6) is 0.198. The average Bonchev–Trinajstić information content (AvgIpc) is 3.47. The predicted octanol–water partition coefficient (Wildman–Crippen LogP) is 1.37. The Kier molecular flexibility index (Phi) is 4.54. The van der Waals surface area contributed by atoms with Crippen LogP contribution >= 0.6 is 0 Å². The van der Waals surface area contributed by atoms with Crippen LogP contribution < -0.4 is 21.1 Å². The van der Waals surface area contributed by atoms with Crippen LogP contribution in [-0.4, -0.2) is 49.6 Å². The molecule has 1 aromatic carbocycles. The second-order valence-electron chi connectivity index (χ2n) is 7.60. The molecule has 2 saturated heterocycles. The number of halogens is 2. The molecule has 3 heterocycles. The van der Waals surface area contributed by atoms with E-state index in [1.807, 2.05) is 6.07 Å². The molecule has 1 aromatic rings. The number of carbonyl (C=O) groups excluding carboxylic acids is 1. The molecular weight excluding hydrogens is 368 g/mol. The maximum atomic E-state index is 13.7. The summed E-state index contributed by atoms with van der Waals surface area (Å²) in [5.41, 5.74) is 4.95. The molecule has 5 rings (SSSR count). The van der Waals surface area contributed by atoms with E-state index in [0.717, 1.165) is 18.4 Å². The average molecular weight is 391 g/mol. The van der Waals surface area contributed by atoms with Gasteiger partial charge in [-0.05, 0) is 36.5 Å². The number of hydrazine groups is 1. The Morgan fingerprint density at radius 3 is 2.68 bits per heavy atom. The summed E-state index contributed by atoms with van der Waals surface area (Å²) >= 11 is 0. The topological polar surface area (TPSA) is 68.9 Å². The van der Waals surface area contributed by atoms with Gasteiger partial charge in [0.25, 0.3) is 12.3 Å². The molecule has 28 heavy (non-hydrogen) atoms. The van der Waals surface area contributed by atoms with Crippen LogP contribution in [0.25, 0.3) is 0 Å². The third-order valence-corrected chi connectivity index (χ3v) is 5.71. The molecule has 2 atom stereocenters. The van der Waals surface area contributed by atoms with E-state index in [1.165, 1.54) is 5.01 Å². The number of rotatable bonds is 4. The minimum absolute atomic E-state index is 0.0162. The highest BCUT2D eigenvalue weighted by Crippen LogP contribution is 2.43. The van der Waals surface area contributed by atoms with Gasteiger partial charge in [0, 0.05) is 24.9 Å². The van der Waals surface area contributed by atoms with E-state index in [1.54, 1.807) is 18.3 Å². The summed E-state index contributed by atoms with van der Waals surface area (Å²) in [6.07, 6.45) is 0.375. The van der Waals surface area contributed by atoms with E-state index < -0.39 is 12.6 Å². The summed E-state index contributed by atoms with van der Waals surface area (Å²) in [6, 6.07) is 5.23. The predicted molar refractivity (Wildman–Crippen MR) is 98.3 cm³/mol. The molecule has 7 nitrogen and oxygen atoms in total. The molecule has 0 spiro atoms. The number of hydrogen-bond acceptors (Lipinski definition) is 6. The molecule has 3 aliphatic heterocycles. The summed E-state index contributed by atoms with van der Waals surface area (Å²) in [7, 11) is 0. The van der Waals surface area contributed by atoms with Crippen molar-refractivity contribution < 1.29 is 18.3 Å². The molecule has 0 aromatic heterocycles. The fourth-order valence-corrected chi connectivity index (χ4v) is 3.99. The molecule has 2 unspecified atom stereocenters. The van der Waals surface area contributed by atoms with E-state index in [-0.39, 0.29) is 17.8 Å². The van der Waals surface area contributed by atoms with Gasteiger partial charge in [0.1, 0.15) is 12.5 Å². The third-order valence-electron chi connectivity index (χ3n) is 5.71. The van der Waals surface area contributed by atoms with Gasteiger partial charge in [-0.25, -0.2) is 14.2 Å². The Bertz CT molecular complexity index is 808. The van der Waals surface area contributed by atoms with Gasteiger partial charge in [0.05, 0.1) is 24.5 Å². The van der Waals surface area contributed by atoms with Crippen LogP contribution in [0.15, 0.2) is 30.0 Å². The van der Waals surface area contributed by atoms with Crippen molar-refractivity contribution >= 4 is 11.6 Å². The van der Waals surface area contributed by atoms with E-state index in [2.05, 4.69) is 21.0 Å². The zero-order valence-corrected chi connectivity index (χ0v) is 15.3. The summed E-state index contributed by atoms with van der Waals surface area (Å²) in [5, 5.41) is 7.80. The zero-order chi connectivity index (χ0) is 19.3. The van der Waals surface area contributed by atoms with Gasteiger partial charge in [0.15, 0.2) is 0 Å². The molecule has 1 saturated carbocycles. The van der Waals surface area contributed by atoms with Gasteiger partial charge in [-0.1, -0.05) is 6.07 Å². The van der Waals surface area contributed by atoms with Crippen molar-refractivity contribution in [2.75, 3.05) is 31.3 Å². The number of benzene rings is 1. The molecule has 9 heteroatoms. The highest BCUT2D eigenvalue weighted by Gasteiger charge is 2.39. The normalized spacial score (nSPS) is 28.3. The number of nitrogens with zero attached hydrogens (tertiary/aromatic N) is 2. The molecule has 4 aliphatic rings. The van der Waals surface area contributed by atoms with Crippen LogP contribution in [0.4, 0.5) is 14.5 Å². The first kappa shape index (κ1) is 18.0. The van der Waals surface area contributed by atoms with Gasteiger partial charge < -0.3 is 10.1 Å². The van der Waals surface area contributed by atoms with Crippen LogP contribution in [-0.2, 0) is 9.53 Å². The molecule has 1 amide bonds. The summed E-state index contributed by atoms with van der Waals surface area (Å²) in [4.78, 5) is 14.7. The number of hydrogen-bond donors (Lipinski definition) is 3. The lowest BCUT2D eigenvalue weighted by Crippen LogP contribution is -2.68. The fraction of sp³-hybridized carbons (Fsp3) is 0.526. The Hall–Kier alpha value is -2.07. The van der Waals surface area contributed by atoms with Crippen LogP contribution in [0.2, 0.25) is 0 Å². The van der Waals surface area contributed by atoms with Crippen LogP contribution in [0.1, 0.15) is 36.3 Å². The Morgan fingerprint density at radius 1 is 1.18 bits per heavy atom. The van der Waals surface area contributed by atoms with Crippen molar-refractivity contribution in [3.05, 3.63) is 41.1 Å². The first-order valence-electron chi connectivity index (χ1n) is 9.68. The largest absolute Gasteiger partial charge is 0.379 e. The van der Waals surface area contributed by atoms with E-state index in [0.29, 0.717) is 43.5 Å². The van der Waals surface area contributed by atoms with Crippen molar-refractivity contribution in [3.63, 3.8) is 0 Å². The molecule has 3 N–H and O–H groups in total. The third kappa shape index (κ3) is 3.28. The summed E-state index contributed by atoms with van der Waals surface area (Å²) < 4.78 is 32.8. The molecule has 0 radical (unpaired) electrons. The molecular formula is C19H23F2N5O2. The molecule has 3 fully saturated rings. The van der Waals surface area contributed by atoms with Crippen molar-refractivity contribution in [1.29, 1.82) is 0 Å². The maximum Gasteiger partial charge on any atom is 0.265 e. The van der Waals surface area contributed by atoms with Gasteiger partial charge in [0.2, 0.25) is 0 Å². The second-order valence-corrected chi connectivity index (χ2v) is 7.60. The van der Waals surface area contributed by atoms with E-state index >= 15 is 0 Å². The van der Waals surface area contributed by atoms with E-state index in [4.69, 9.17) is 4.74 Å². The lowest BCUT2D eigenvalue weighted by molar-refractivity contribution is -0.123. The Morgan fingerprint density at radius 2 is 1.96 bits per heavy atom. The van der Waals surface area contributed by atoms with E-state index in [9.17, 15) is 13.6 Å². The molecule has 150 valence electrons. The minimum atomic E-state index is -2.58. The number of alkyl halides is 2. The number of amides is 1. The minimum Gasteiger partial charge on any atom is -0.379 e. The standard InChI is InChI=1S/C19H23F2N5O2/c20-16(21)13-9-12(11-1-2-11)3-4-15(13)26-10-14-17(24-26)22-19(23-18(14)27)25-5-7-28-8-6-25/h3-4,9-11,16-17,19,22,24H,1-2,5-8H2,(H,23,27). The lowest BCUT2D eigenvalue weighted by atomic mass is 10.1. The van der Waals surface area contributed by atoms with Crippen LogP contribution in [0.5, 0.6) is 0 Å². The highest BCUT2D eigenvalue weighted by atomic mass is 19.3. The number of morpholine rings is 1. The van der Waals surface area contributed by atoms with Crippen molar-refractivity contribution in [1.82, 2.24) is 21.0 Å². The Labute approximate surface area is 161 Å². The van der Waals surface area contributed by atoms with Gasteiger partial charge >= 0.3 is 0 Å². The van der Waals surface area contributed by atoms with Gasteiger partial charge in [-0.2, -0.15) is 0 Å². The van der Waals surface area contributed by atoms with Crippen LogP contribution in [0.3, 0.4) is 0 Å². The number of nitrogens with one attached hydrogen (secondary N) is 3. The molecule has 1 aliphatic carbocycles. The fourth-order valence-electron chi connectivity index (χ4n) is 3.99. The van der Waals surface area contributed by atoms with Gasteiger partial charge in [-0.15, -0.1) is 0 Å². The summed E-state index contributed by atoms with van der Waals surface area (Å²) in [6.45, 7) is 2.66. The zero-order valence-electron chi connectivity index (χ0n) is 15.3. The lowest BCUT2D eigenvalue weighted by Gasteiger charge is -2.40. The quantitative estimate of drug-likeness (QED) is 0.721. The van der Waals surface area contributed by atoms with Crippen molar-refractivity contribution in [2.24, 2.45) is 0 Å². The Balaban J connectivity index is 1.37. The SMILES string of the molecule is O=C1NC(N2CCOCC2)NC2NN(c3ccc(C4CC4)cc3C(F)F)C=C12. The monoisotopic (exact) mass is 391 g/mol. The first-order valence-corrected chi connectivity index (χ1v) is 9.68.